The standard InChI is InChI=1S/C13H21BrN2O2/c1-9(2)18-8-11(16-15)6-10-4-5-13(17-3)12(14)7-10/h4-5,7,9,11,16H,6,8,15H2,1-3H3. The molecule has 102 valence electrons. The molecule has 0 aliphatic carbocycles. The van der Waals surface area contributed by atoms with Gasteiger partial charge in [0, 0.05) is 6.04 Å². The summed E-state index contributed by atoms with van der Waals surface area (Å²) in [4.78, 5) is 0. The van der Waals surface area contributed by atoms with Crippen LogP contribution in [0.1, 0.15) is 19.4 Å². The van der Waals surface area contributed by atoms with Gasteiger partial charge in [0.1, 0.15) is 5.75 Å². The minimum Gasteiger partial charge on any atom is -0.496 e. The largest absolute Gasteiger partial charge is 0.496 e. The molecule has 0 bridgehead atoms. The smallest absolute Gasteiger partial charge is 0.133 e. The molecule has 1 aromatic rings. The molecule has 1 aromatic carbocycles. The number of benzene rings is 1. The maximum Gasteiger partial charge on any atom is 0.133 e. The Morgan fingerprint density at radius 2 is 2.11 bits per heavy atom. The lowest BCUT2D eigenvalue weighted by Crippen LogP contribution is -2.40. The van der Waals surface area contributed by atoms with Crippen molar-refractivity contribution < 1.29 is 9.47 Å². The van der Waals surface area contributed by atoms with Gasteiger partial charge in [-0.25, -0.2) is 0 Å². The van der Waals surface area contributed by atoms with Crippen molar-refractivity contribution in [1.29, 1.82) is 0 Å². The van der Waals surface area contributed by atoms with Gasteiger partial charge in [-0.15, -0.1) is 0 Å². The number of nitrogens with two attached hydrogens (primary N) is 1. The van der Waals surface area contributed by atoms with E-state index in [-0.39, 0.29) is 12.1 Å². The predicted octanol–water partition coefficient (Wildman–Crippen LogP) is 2.26. The minimum absolute atomic E-state index is 0.104. The van der Waals surface area contributed by atoms with Crippen molar-refractivity contribution in [3.05, 3.63) is 28.2 Å². The highest BCUT2D eigenvalue weighted by atomic mass is 79.9. The van der Waals surface area contributed by atoms with E-state index in [0.29, 0.717) is 6.61 Å². The third kappa shape index (κ3) is 4.94. The van der Waals surface area contributed by atoms with Crippen molar-refractivity contribution in [2.24, 2.45) is 5.84 Å². The zero-order chi connectivity index (χ0) is 13.5. The van der Waals surface area contributed by atoms with Crippen LogP contribution < -0.4 is 16.0 Å². The lowest BCUT2D eigenvalue weighted by molar-refractivity contribution is 0.0613. The first kappa shape index (κ1) is 15.4. The topological polar surface area (TPSA) is 56.5 Å². The molecule has 0 aliphatic rings. The maximum absolute atomic E-state index is 5.56. The van der Waals surface area contributed by atoms with Crippen LogP contribution in [0.4, 0.5) is 0 Å². The van der Waals surface area contributed by atoms with E-state index in [1.54, 1.807) is 7.11 Å². The summed E-state index contributed by atoms with van der Waals surface area (Å²) >= 11 is 3.47. The zero-order valence-electron chi connectivity index (χ0n) is 11.1. The van der Waals surface area contributed by atoms with Gasteiger partial charge in [-0.2, -0.15) is 0 Å². The van der Waals surface area contributed by atoms with E-state index in [1.165, 1.54) is 5.56 Å². The summed E-state index contributed by atoms with van der Waals surface area (Å²) in [7, 11) is 1.65. The van der Waals surface area contributed by atoms with Crippen LogP contribution in [0.2, 0.25) is 0 Å². The molecule has 0 aromatic heterocycles. The summed E-state index contributed by atoms with van der Waals surface area (Å²) in [6.07, 6.45) is 1.02. The second-order valence-electron chi connectivity index (χ2n) is 4.42. The van der Waals surface area contributed by atoms with Gasteiger partial charge in [-0.1, -0.05) is 6.07 Å². The third-order valence-electron chi connectivity index (χ3n) is 2.56. The van der Waals surface area contributed by atoms with Crippen LogP contribution >= 0.6 is 15.9 Å². The molecule has 18 heavy (non-hydrogen) atoms. The van der Waals surface area contributed by atoms with E-state index >= 15 is 0 Å². The number of hydrazine groups is 1. The first-order valence-electron chi connectivity index (χ1n) is 5.97. The van der Waals surface area contributed by atoms with Gasteiger partial charge in [0.2, 0.25) is 0 Å². The van der Waals surface area contributed by atoms with E-state index in [1.807, 2.05) is 32.0 Å². The number of halogens is 1. The molecule has 0 aliphatic heterocycles. The molecule has 0 amide bonds. The number of hydrogen-bond acceptors (Lipinski definition) is 4. The van der Waals surface area contributed by atoms with Crippen LogP contribution in [-0.4, -0.2) is 25.9 Å². The van der Waals surface area contributed by atoms with Crippen molar-refractivity contribution in [2.75, 3.05) is 13.7 Å². The van der Waals surface area contributed by atoms with E-state index in [2.05, 4.69) is 21.4 Å². The predicted molar refractivity (Wildman–Crippen MR) is 76.6 cm³/mol. The number of rotatable bonds is 7. The zero-order valence-corrected chi connectivity index (χ0v) is 12.7. The Kier molecular flexibility index (Phi) is 6.63. The Bertz CT molecular complexity index is 372. The van der Waals surface area contributed by atoms with Crippen LogP contribution in [0.5, 0.6) is 5.75 Å². The molecule has 0 heterocycles. The Labute approximate surface area is 117 Å². The van der Waals surface area contributed by atoms with Crippen LogP contribution in [0.3, 0.4) is 0 Å². The van der Waals surface area contributed by atoms with E-state index in [9.17, 15) is 0 Å². The first-order valence-corrected chi connectivity index (χ1v) is 6.76. The van der Waals surface area contributed by atoms with Gasteiger partial charge in [-0.05, 0) is 53.9 Å². The van der Waals surface area contributed by atoms with Crippen molar-refractivity contribution in [2.45, 2.75) is 32.4 Å². The molecule has 1 atom stereocenters. The second kappa shape index (κ2) is 7.74. The molecule has 0 spiro atoms. The Morgan fingerprint density at radius 1 is 1.39 bits per heavy atom. The van der Waals surface area contributed by atoms with Gasteiger partial charge in [-0.3, -0.25) is 11.3 Å². The van der Waals surface area contributed by atoms with E-state index < -0.39 is 0 Å². The minimum atomic E-state index is 0.104. The third-order valence-corrected chi connectivity index (χ3v) is 3.18. The molecule has 0 radical (unpaired) electrons. The van der Waals surface area contributed by atoms with Crippen LogP contribution in [0.25, 0.3) is 0 Å². The van der Waals surface area contributed by atoms with Crippen LogP contribution in [0, 0.1) is 0 Å². The van der Waals surface area contributed by atoms with Crippen molar-refractivity contribution in [3.8, 4) is 5.75 Å². The van der Waals surface area contributed by atoms with Gasteiger partial charge < -0.3 is 9.47 Å². The van der Waals surface area contributed by atoms with Gasteiger partial charge >= 0.3 is 0 Å². The summed E-state index contributed by atoms with van der Waals surface area (Å²) in [6.45, 7) is 4.62. The molecule has 1 rings (SSSR count). The maximum atomic E-state index is 5.56. The van der Waals surface area contributed by atoms with Gasteiger partial charge in [0.25, 0.3) is 0 Å². The summed E-state index contributed by atoms with van der Waals surface area (Å²) in [5.41, 5.74) is 3.96. The highest BCUT2D eigenvalue weighted by Gasteiger charge is 2.10. The summed E-state index contributed by atoms with van der Waals surface area (Å²) < 4.78 is 11.7. The number of nitrogens with one attached hydrogen (secondary N) is 1. The quantitative estimate of drug-likeness (QED) is 0.598. The molecule has 5 heteroatoms. The monoisotopic (exact) mass is 316 g/mol. The molecular weight excluding hydrogens is 296 g/mol. The molecule has 1 unspecified atom stereocenters. The molecule has 0 fully saturated rings. The fourth-order valence-corrected chi connectivity index (χ4v) is 2.18. The normalized spacial score (nSPS) is 12.8. The Hall–Kier alpha value is -0.620. The van der Waals surface area contributed by atoms with Crippen molar-refractivity contribution in [1.82, 2.24) is 5.43 Å². The van der Waals surface area contributed by atoms with E-state index in [0.717, 1.165) is 16.6 Å². The molecular formula is C13H21BrN2O2. The molecule has 0 saturated carbocycles. The Balaban J connectivity index is 2.61. The Morgan fingerprint density at radius 3 is 2.61 bits per heavy atom. The number of methoxy groups -OCH3 is 1. The SMILES string of the molecule is COc1ccc(CC(COC(C)C)NN)cc1Br. The number of ether oxygens (including phenoxy) is 2. The lowest BCUT2D eigenvalue weighted by Gasteiger charge is -2.18. The highest BCUT2D eigenvalue weighted by molar-refractivity contribution is 9.10. The summed E-state index contributed by atoms with van der Waals surface area (Å²) in [5, 5.41) is 0. The van der Waals surface area contributed by atoms with Gasteiger partial charge in [0.15, 0.2) is 0 Å². The second-order valence-corrected chi connectivity index (χ2v) is 5.27. The average Bonchev–Trinajstić information content (AvgIpc) is 2.34. The first-order chi connectivity index (χ1) is 8.56. The van der Waals surface area contributed by atoms with Crippen LogP contribution in [-0.2, 0) is 11.2 Å². The number of hydrogen-bond donors (Lipinski definition) is 2. The molecule has 4 nitrogen and oxygen atoms in total. The van der Waals surface area contributed by atoms with Crippen LogP contribution in [0.15, 0.2) is 22.7 Å². The van der Waals surface area contributed by atoms with Crippen molar-refractivity contribution >= 4 is 15.9 Å². The fraction of sp³-hybridized carbons (Fsp3) is 0.538. The fourth-order valence-electron chi connectivity index (χ4n) is 1.60. The highest BCUT2D eigenvalue weighted by Crippen LogP contribution is 2.25. The molecule has 3 N–H and O–H groups in total. The summed E-state index contributed by atoms with van der Waals surface area (Å²) in [5.74, 6) is 6.36. The average molecular weight is 317 g/mol. The van der Waals surface area contributed by atoms with E-state index in [4.69, 9.17) is 15.3 Å². The van der Waals surface area contributed by atoms with Crippen molar-refractivity contribution in [3.63, 3.8) is 0 Å². The van der Waals surface area contributed by atoms with Gasteiger partial charge in [0.05, 0.1) is 24.3 Å². The lowest BCUT2D eigenvalue weighted by atomic mass is 10.1. The molecule has 0 saturated heterocycles. The summed E-state index contributed by atoms with van der Waals surface area (Å²) in [6, 6.07) is 6.12.